The summed E-state index contributed by atoms with van der Waals surface area (Å²) >= 11 is 1.82. The van der Waals surface area contributed by atoms with Crippen molar-refractivity contribution >= 4 is 29.2 Å². The Kier molecular flexibility index (Phi) is 3.88. The number of urea groups is 1. The predicted molar refractivity (Wildman–Crippen MR) is 89.3 cm³/mol. The molecule has 0 radical (unpaired) electrons. The summed E-state index contributed by atoms with van der Waals surface area (Å²) in [5.74, 6) is 0. The molecule has 0 spiro atoms. The molecule has 1 aliphatic rings. The molecular weight excluding hydrogens is 280 g/mol. The third kappa shape index (κ3) is 2.90. The minimum absolute atomic E-state index is 0.0658. The maximum atomic E-state index is 12.6. The summed E-state index contributed by atoms with van der Waals surface area (Å²) in [5, 5.41) is 3.41. The Morgan fingerprint density at radius 1 is 1.19 bits per heavy atom. The summed E-state index contributed by atoms with van der Waals surface area (Å²) in [5.41, 5.74) is 2.93. The molecule has 2 amide bonds. The van der Waals surface area contributed by atoms with Crippen molar-refractivity contribution in [3.63, 3.8) is 0 Å². The number of para-hydroxylation sites is 2. The van der Waals surface area contributed by atoms with Crippen LogP contribution < -0.4 is 10.2 Å². The molecule has 2 aromatic rings. The molecule has 4 heteroatoms. The Hall–Kier alpha value is -1.94. The van der Waals surface area contributed by atoms with Crippen LogP contribution in [0.15, 0.2) is 53.4 Å². The van der Waals surface area contributed by atoms with Gasteiger partial charge in [-0.2, -0.15) is 0 Å². The van der Waals surface area contributed by atoms with Crippen molar-refractivity contribution in [2.45, 2.75) is 24.0 Å². The standard InChI is InChI=1S/C17H18N2OS/c1-12-7-3-4-8-14(12)18-17(20)19-11-13(2)21-16-10-6-5-9-15(16)19/h3-10,13H,11H2,1-2H3,(H,18,20)/t13-/m1/s1. The Bertz CT molecular complexity index is 671. The Morgan fingerprint density at radius 2 is 1.90 bits per heavy atom. The zero-order valence-electron chi connectivity index (χ0n) is 12.2. The minimum atomic E-state index is -0.0658. The van der Waals surface area contributed by atoms with E-state index in [-0.39, 0.29) is 6.03 Å². The lowest BCUT2D eigenvalue weighted by Crippen LogP contribution is -2.41. The van der Waals surface area contributed by atoms with Gasteiger partial charge in [0.25, 0.3) is 0 Å². The molecule has 1 atom stereocenters. The van der Waals surface area contributed by atoms with Crippen LogP contribution in [-0.4, -0.2) is 17.8 Å². The average molecular weight is 298 g/mol. The smallest absolute Gasteiger partial charge is 0.307 e. The molecule has 0 bridgehead atoms. The van der Waals surface area contributed by atoms with Gasteiger partial charge in [0.2, 0.25) is 0 Å². The second-order valence-electron chi connectivity index (χ2n) is 5.25. The highest BCUT2D eigenvalue weighted by atomic mass is 32.2. The number of amides is 2. The van der Waals surface area contributed by atoms with E-state index >= 15 is 0 Å². The highest BCUT2D eigenvalue weighted by Gasteiger charge is 2.26. The quantitative estimate of drug-likeness (QED) is 0.839. The van der Waals surface area contributed by atoms with E-state index in [4.69, 9.17) is 0 Å². The number of hydrogen-bond donors (Lipinski definition) is 1. The fourth-order valence-corrected chi connectivity index (χ4v) is 3.59. The lowest BCUT2D eigenvalue weighted by molar-refractivity contribution is 0.256. The number of rotatable bonds is 1. The normalized spacial score (nSPS) is 17.2. The van der Waals surface area contributed by atoms with Crippen LogP contribution >= 0.6 is 11.8 Å². The largest absolute Gasteiger partial charge is 0.326 e. The van der Waals surface area contributed by atoms with E-state index in [1.54, 1.807) is 0 Å². The minimum Gasteiger partial charge on any atom is -0.307 e. The summed E-state index contributed by atoms with van der Waals surface area (Å²) < 4.78 is 0. The van der Waals surface area contributed by atoms with Crippen molar-refractivity contribution in [3.8, 4) is 0 Å². The number of hydrogen-bond acceptors (Lipinski definition) is 2. The second kappa shape index (κ2) is 5.82. The van der Waals surface area contributed by atoms with Crippen LogP contribution in [0.5, 0.6) is 0 Å². The van der Waals surface area contributed by atoms with Crippen LogP contribution in [0.3, 0.4) is 0 Å². The number of thioether (sulfide) groups is 1. The molecule has 1 N–H and O–H groups in total. The number of benzene rings is 2. The van der Waals surface area contributed by atoms with E-state index < -0.39 is 0 Å². The third-order valence-corrected chi connectivity index (χ3v) is 4.71. The van der Waals surface area contributed by atoms with Gasteiger partial charge in [-0.3, -0.25) is 4.90 Å². The Morgan fingerprint density at radius 3 is 2.71 bits per heavy atom. The Balaban J connectivity index is 1.87. The van der Waals surface area contributed by atoms with E-state index in [1.165, 1.54) is 0 Å². The predicted octanol–water partition coefficient (Wildman–Crippen LogP) is 4.53. The van der Waals surface area contributed by atoms with Crippen LogP contribution in [0.25, 0.3) is 0 Å². The Labute approximate surface area is 129 Å². The maximum absolute atomic E-state index is 12.6. The zero-order valence-corrected chi connectivity index (χ0v) is 13.0. The summed E-state index contributed by atoms with van der Waals surface area (Å²) in [7, 11) is 0. The van der Waals surface area contributed by atoms with Crippen LogP contribution in [0.2, 0.25) is 0 Å². The molecule has 0 aliphatic carbocycles. The molecule has 0 saturated carbocycles. The molecule has 1 aliphatic heterocycles. The average Bonchev–Trinajstić information content (AvgIpc) is 2.48. The second-order valence-corrected chi connectivity index (χ2v) is 6.73. The first-order valence-electron chi connectivity index (χ1n) is 7.05. The van der Waals surface area contributed by atoms with Crippen LogP contribution in [-0.2, 0) is 0 Å². The van der Waals surface area contributed by atoms with Crippen molar-refractivity contribution < 1.29 is 4.79 Å². The molecule has 0 aromatic heterocycles. The van der Waals surface area contributed by atoms with Gasteiger partial charge in [0, 0.05) is 22.4 Å². The number of aryl methyl sites for hydroxylation is 1. The van der Waals surface area contributed by atoms with Crippen molar-refractivity contribution in [1.82, 2.24) is 0 Å². The van der Waals surface area contributed by atoms with Crippen LogP contribution in [0.1, 0.15) is 12.5 Å². The van der Waals surface area contributed by atoms with Gasteiger partial charge in [-0.05, 0) is 30.7 Å². The fourth-order valence-electron chi connectivity index (χ4n) is 2.48. The highest BCUT2D eigenvalue weighted by molar-refractivity contribution is 8.00. The van der Waals surface area contributed by atoms with Crippen molar-refractivity contribution in [1.29, 1.82) is 0 Å². The first kappa shape index (κ1) is 14.0. The number of anilines is 2. The summed E-state index contributed by atoms with van der Waals surface area (Å²) in [4.78, 5) is 15.6. The molecular formula is C17H18N2OS. The zero-order chi connectivity index (χ0) is 14.8. The number of nitrogens with one attached hydrogen (secondary N) is 1. The topological polar surface area (TPSA) is 32.3 Å². The third-order valence-electron chi connectivity index (χ3n) is 3.56. The van der Waals surface area contributed by atoms with Gasteiger partial charge in [0.1, 0.15) is 0 Å². The number of carbonyl (C=O) groups is 1. The molecule has 2 aromatic carbocycles. The van der Waals surface area contributed by atoms with Gasteiger partial charge < -0.3 is 5.32 Å². The van der Waals surface area contributed by atoms with E-state index in [0.29, 0.717) is 5.25 Å². The number of carbonyl (C=O) groups excluding carboxylic acids is 1. The molecule has 1 heterocycles. The summed E-state index contributed by atoms with van der Waals surface area (Å²) in [6, 6.07) is 15.8. The SMILES string of the molecule is Cc1ccccc1NC(=O)N1C[C@@H](C)Sc2ccccc21. The van der Waals surface area contributed by atoms with Gasteiger partial charge in [-0.1, -0.05) is 37.3 Å². The summed E-state index contributed by atoms with van der Waals surface area (Å²) in [6.07, 6.45) is 0. The van der Waals surface area contributed by atoms with Gasteiger partial charge in [0.15, 0.2) is 0 Å². The van der Waals surface area contributed by atoms with Gasteiger partial charge in [-0.15, -0.1) is 11.8 Å². The molecule has 0 unspecified atom stereocenters. The number of fused-ring (bicyclic) bond motifs is 1. The van der Waals surface area contributed by atoms with Gasteiger partial charge in [-0.25, -0.2) is 4.79 Å². The van der Waals surface area contributed by atoms with Crippen molar-refractivity contribution in [3.05, 3.63) is 54.1 Å². The molecule has 3 rings (SSSR count). The van der Waals surface area contributed by atoms with Crippen molar-refractivity contribution in [2.75, 3.05) is 16.8 Å². The van der Waals surface area contributed by atoms with Crippen LogP contribution in [0.4, 0.5) is 16.2 Å². The lowest BCUT2D eigenvalue weighted by Gasteiger charge is -2.32. The first-order chi connectivity index (χ1) is 10.1. The van der Waals surface area contributed by atoms with Crippen LogP contribution in [0, 0.1) is 6.92 Å². The van der Waals surface area contributed by atoms with Crippen molar-refractivity contribution in [2.24, 2.45) is 0 Å². The highest BCUT2D eigenvalue weighted by Crippen LogP contribution is 2.38. The van der Waals surface area contributed by atoms with E-state index in [0.717, 1.165) is 28.4 Å². The molecule has 0 saturated heterocycles. The molecule has 108 valence electrons. The first-order valence-corrected chi connectivity index (χ1v) is 7.93. The molecule has 21 heavy (non-hydrogen) atoms. The van der Waals surface area contributed by atoms with Gasteiger partial charge >= 0.3 is 6.03 Å². The lowest BCUT2D eigenvalue weighted by atomic mass is 10.2. The van der Waals surface area contributed by atoms with E-state index in [2.05, 4.69) is 18.3 Å². The molecule has 0 fully saturated rings. The fraction of sp³-hybridized carbons (Fsp3) is 0.235. The summed E-state index contributed by atoms with van der Waals surface area (Å²) in [6.45, 7) is 4.87. The molecule has 3 nitrogen and oxygen atoms in total. The monoisotopic (exact) mass is 298 g/mol. The van der Waals surface area contributed by atoms with E-state index in [9.17, 15) is 4.79 Å². The maximum Gasteiger partial charge on any atom is 0.326 e. The van der Waals surface area contributed by atoms with E-state index in [1.807, 2.05) is 66.1 Å². The van der Waals surface area contributed by atoms with Gasteiger partial charge in [0.05, 0.1) is 5.69 Å². The number of nitrogens with zero attached hydrogens (tertiary/aromatic N) is 1.